The third-order valence-electron chi connectivity index (χ3n) is 8.13. The van der Waals surface area contributed by atoms with Crippen LogP contribution in [0.25, 0.3) is 16.8 Å². The van der Waals surface area contributed by atoms with E-state index in [4.69, 9.17) is 65.1 Å². The third kappa shape index (κ3) is 7.59. The molecule has 1 aromatic carbocycles. The van der Waals surface area contributed by atoms with Crippen LogP contribution in [0.3, 0.4) is 0 Å². The average Bonchev–Trinajstić information content (AvgIpc) is 3.49. The number of aromatic nitrogens is 2. The van der Waals surface area contributed by atoms with E-state index in [0.29, 0.717) is 11.1 Å². The molecule has 3 aromatic rings. The molecular weight excluding hydrogens is 732 g/mol. The second kappa shape index (κ2) is 14.3. The number of hydrogen-bond acceptors (Lipinski definition) is 9. The molecule has 2 amide bonds. The van der Waals surface area contributed by atoms with E-state index in [-0.39, 0.29) is 67.1 Å². The molecule has 2 unspecified atom stereocenters. The molecule has 0 spiro atoms. The van der Waals surface area contributed by atoms with E-state index in [2.05, 4.69) is 10.1 Å². The summed E-state index contributed by atoms with van der Waals surface area (Å²) in [4.78, 5) is 47.0. The third-order valence-corrected chi connectivity index (χ3v) is 9.87. The van der Waals surface area contributed by atoms with Crippen molar-refractivity contribution in [2.75, 3.05) is 19.7 Å². The molecule has 2 bridgehead atoms. The molecule has 17 heteroatoms. The largest absolute Gasteiger partial charge is 0.469 e. The number of rotatable bonds is 8. The maximum atomic E-state index is 14.3. The smallest absolute Gasteiger partial charge is 0.411 e. The van der Waals surface area contributed by atoms with Crippen molar-refractivity contribution < 1.29 is 41.9 Å². The van der Waals surface area contributed by atoms with E-state index in [9.17, 15) is 23.2 Å². The standard InChI is InChI=1S/C32H30Cl4F2N4O7/c1-5-46-29(44)26-20(10-18-13-41(16(2)43)14-24(26)42(18)30(45)48-31(3,4)32(34,35)36)17-6-9-25(39-12-17)47-15-19-11-23(40-49-19)27-21(37)7-8-22(38)28(27)33/h6-9,11-12,18,24H,5,10,13-15H2,1-4H3. The summed E-state index contributed by atoms with van der Waals surface area (Å²) in [6, 6.07) is 4.90. The van der Waals surface area contributed by atoms with Crippen molar-refractivity contribution in [3.05, 3.63) is 70.1 Å². The molecule has 2 aromatic heterocycles. The molecular formula is C32H30Cl4F2N4O7. The van der Waals surface area contributed by atoms with Crippen molar-refractivity contribution in [2.24, 2.45) is 0 Å². The van der Waals surface area contributed by atoms with Gasteiger partial charge in [-0.3, -0.25) is 9.69 Å². The van der Waals surface area contributed by atoms with Crippen LogP contribution in [0.15, 0.2) is 46.6 Å². The molecule has 0 saturated carbocycles. The first kappa shape index (κ1) is 36.6. The summed E-state index contributed by atoms with van der Waals surface area (Å²) in [6.07, 6.45) is 0.811. The van der Waals surface area contributed by atoms with Gasteiger partial charge in [-0.1, -0.05) is 51.6 Å². The lowest BCUT2D eigenvalue weighted by Gasteiger charge is -2.50. The summed E-state index contributed by atoms with van der Waals surface area (Å²) in [5, 5.41) is 3.34. The highest BCUT2D eigenvalue weighted by Gasteiger charge is 2.51. The number of alkyl halides is 3. The predicted molar refractivity (Wildman–Crippen MR) is 176 cm³/mol. The van der Waals surface area contributed by atoms with Crippen molar-refractivity contribution in [2.45, 2.75) is 62.2 Å². The lowest BCUT2D eigenvalue weighted by atomic mass is 9.82. The average molecular weight is 762 g/mol. The van der Waals surface area contributed by atoms with Crippen LogP contribution in [0.2, 0.25) is 5.02 Å². The van der Waals surface area contributed by atoms with Crippen LogP contribution in [0.5, 0.6) is 5.88 Å². The van der Waals surface area contributed by atoms with Crippen LogP contribution in [-0.2, 0) is 25.7 Å². The van der Waals surface area contributed by atoms with E-state index < -0.39 is 50.2 Å². The monoisotopic (exact) mass is 760 g/mol. The normalized spacial score (nSPS) is 18.0. The van der Waals surface area contributed by atoms with Gasteiger partial charge in [0.2, 0.25) is 15.6 Å². The van der Waals surface area contributed by atoms with Crippen molar-refractivity contribution in [3.63, 3.8) is 0 Å². The molecule has 0 aliphatic carbocycles. The van der Waals surface area contributed by atoms with Crippen LogP contribution in [0, 0.1) is 11.6 Å². The van der Waals surface area contributed by atoms with Crippen LogP contribution in [-0.4, -0.2) is 79.1 Å². The Morgan fingerprint density at radius 3 is 2.43 bits per heavy atom. The van der Waals surface area contributed by atoms with Gasteiger partial charge in [-0.15, -0.1) is 0 Å². The summed E-state index contributed by atoms with van der Waals surface area (Å²) in [7, 11) is 0. The van der Waals surface area contributed by atoms with Gasteiger partial charge in [0.1, 0.15) is 17.3 Å². The van der Waals surface area contributed by atoms with Crippen molar-refractivity contribution >= 4 is 69.9 Å². The Labute approximate surface area is 299 Å². The number of benzene rings is 1. The summed E-state index contributed by atoms with van der Waals surface area (Å²) >= 11 is 24.1. The Bertz CT molecular complexity index is 1800. The van der Waals surface area contributed by atoms with E-state index in [1.54, 1.807) is 24.0 Å². The molecule has 262 valence electrons. The topological polar surface area (TPSA) is 124 Å². The summed E-state index contributed by atoms with van der Waals surface area (Å²) < 4.78 is 48.3. The molecule has 0 N–H and O–H groups in total. The molecule has 2 aliphatic rings. The van der Waals surface area contributed by atoms with Crippen molar-refractivity contribution in [1.82, 2.24) is 19.9 Å². The summed E-state index contributed by atoms with van der Waals surface area (Å²) in [6.45, 7) is 6.00. The minimum atomic E-state index is -1.96. The van der Waals surface area contributed by atoms with Crippen molar-refractivity contribution in [3.8, 4) is 17.1 Å². The van der Waals surface area contributed by atoms with Crippen LogP contribution in [0.4, 0.5) is 13.6 Å². The fraction of sp³-hybridized carbons (Fsp3) is 0.406. The van der Waals surface area contributed by atoms with Gasteiger partial charge in [-0.25, -0.2) is 23.4 Å². The number of piperazine rings is 1. The number of hydrogen-bond donors (Lipinski definition) is 0. The minimum Gasteiger partial charge on any atom is -0.469 e. The first-order chi connectivity index (χ1) is 23.0. The fourth-order valence-corrected chi connectivity index (χ4v) is 5.93. The Balaban J connectivity index is 1.42. The number of esters is 1. The highest BCUT2D eigenvalue weighted by molar-refractivity contribution is 6.68. The van der Waals surface area contributed by atoms with E-state index in [1.807, 2.05) is 0 Å². The second-order valence-corrected chi connectivity index (χ2v) is 14.4. The van der Waals surface area contributed by atoms with Gasteiger partial charge in [-0.2, -0.15) is 0 Å². The number of halogens is 6. The minimum absolute atomic E-state index is 0.00863. The number of carbonyl (C=O) groups excluding carboxylic acids is 3. The molecule has 2 aliphatic heterocycles. The number of nitrogens with zero attached hydrogens (tertiary/aromatic N) is 4. The highest BCUT2D eigenvalue weighted by atomic mass is 35.6. The first-order valence-electron chi connectivity index (χ1n) is 14.9. The van der Waals surface area contributed by atoms with Gasteiger partial charge in [0.05, 0.1) is 34.8 Å². The maximum absolute atomic E-state index is 14.3. The Morgan fingerprint density at radius 2 is 1.80 bits per heavy atom. The van der Waals surface area contributed by atoms with Gasteiger partial charge < -0.3 is 23.6 Å². The Morgan fingerprint density at radius 1 is 1.08 bits per heavy atom. The highest BCUT2D eigenvalue weighted by Crippen LogP contribution is 2.43. The quantitative estimate of drug-likeness (QED) is 0.134. The SMILES string of the molecule is CCOC(=O)C1=C(c2ccc(OCc3cc(-c4c(F)ccc(F)c4Cl)no3)nc2)CC2CN(C(C)=O)CC1N2C(=O)OC(C)(C)C(Cl)(Cl)Cl. The van der Waals surface area contributed by atoms with Crippen molar-refractivity contribution in [1.29, 1.82) is 0 Å². The van der Waals surface area contributed by atoms with E-state index in [1.165, 1.54) is 37.9 Å². The molecule has 2 atom stereocenters. The number of pyridine rings is 1. The fourth-order valence-electron chi connectivity index (χ4n) is 5.56. The van der Waals surface area contributed by atoms with Gasteiger partial charge >= 0.3 is 12.1 Å². The summed E-state index contributed by atoms with van der Waals surface area (Å²) in [5.74, 6) is -2.13. The number of amides is 2. The second-order valence-electron chi connectivity index (χ2n) is 11.8. The van der Waals surface area contributed by atoms with Gasteiger partial charge in [0.25, 0.3) is 0 Å². The predicted octanol–water partition coefficient (Wildman–Crippen LogP) is 7.15. The molecule has 11 nitrogen and oxygen atoms in total. The van der Waals surface area contributed by atoms with E-state index in [0.717, 1.165) is 12.1 Å². The molecule has 1 saturated heterocycles. The Hall–Kier alpha value is -3.65. The lowest BCUT2D eigenvalue weighted by Crippen LogP contribution is -2.65. The molecule has 4 heterocycles. The van der Waals surface area contributed by atoms with Gasteiger partial charge in [-0.05, 0) is 56.5 Å². The van der Waals surface area contributed by atoms with E-state index >= 15 is 0 Å². The first-order valence-corrected chi connectivity index (χ1v) is 16.5. The maximum Gasteiger partial charge on any atom is 0.411 e. The molecule has 1 fully saturated rings. The van der Waals surface area contributed by atoms with Gasteiger partial charge in [0.15, 0.2) is 18.0 Å². The van der Waals surface area contributed by atoms with Crippen LogP contribution >= 0.6 is 46.4 Å². The Kier molecular flexibility index (Phi) is 10.7. The number of ether oxygens (including phenoxy) is 3. The zero-order valence-corrected chi connectivity index (χ0v) is 29.6. The molecule has 5 rings (SSSR count). The summed E-state index contributed by atoms with van der Waals surface area (Å²) in [5.41, 5.74) is -0.520. The van der Waals surface area contributed by atoms with Crippen LogP contribution < -0.4 is 4.74 Å². The number of carbonyl (C=O) groups is 3. The van der Waals surface area contributed by atoms with Crippen LogP contribution in [0.1, 0.15) is 45.4 Å². The lowest BCUT2D eigenvalue weighted by molar-refractivity contribution is -0.142. The molecule has 49 heavy (non-hydrogen) atoms. The molecule has 0 radical (unpaired) electrons. The number of fused-ring (bicyclic) bond motifs is 2. The zero-order chi connectivity index (χ0) is 35.8. The van der Waals surface area contributed by atoms with Gasteiger partial charge in [0, 0.05) is 38.3 Å². The zero-order valence-electron chi connectivity index (χ0n) is 26.6.